The van der Waals surface area contributed by atoms with Crippen LogP contribution in [0.4, 0.5) is 0 Å². The Bertz CT molecular complexity index is 1050. The van der Waals surface area contributed by atoms with E-state index in [0.717, 1.165) is 69.6 Å². The van der Waals surface area contributed by atoms with Gasteiger partial charge in [-0.1, -0.05) is 43.0 Å². The monoisotopic (exact) mass is 574 g/mol. The zero-order valence-electron chi connectivity index (χ0n) is 23.0. The molecule has 6 rings (SSSR count). The van der Waals surface area contributed by atoms with Gasteiger partial charge in [-0.25, -0.2) is 4.98 Å². The minimum absolute atomic E-state index is 0. The van der Waals surface area contributed by atoms with Gasteiger partial charge in [0.25, 0.3) is 0 Å². The van der Waals surface area contributed by atoms with Gasteiger partial charge >= 0.3 is 0 Å². The van der Waals surface area contributed by atoms with E-state index >= 15 is 0 Å². The molecule has 3 saturated heterocycles. The van der Waals surface area contributed by atoms with E-state index in [1.54, 1.807) is 6.33 Å². The fraction of sp³-hybridized carbons (Fsp3) is 0.700. The highest BCUT2D eigenvalue weighted by Crippen LogP contribution is 2.54. The Kier molecular flexibility index (Phi) is 9.21. The van der Waals surface area contributed by atoms with E-state index in [4.69, 9.17) is 17.3 Å². The second kappa shape index (κ2) is 12.5. The van der Waals surface area contributed by atoms with Crippen LogP contribution in [0.5, 0.6) is 0 Å². The van der Waals surface area contributed by atoms with Gasteiger partial charge < -0.3 is 10.6 Å². The number of nitrogens with zero attached hydrogens (tertiary/aromatic N) is 5. The number of nitrogens with two attached hydrogens (primary N) is 1. The normalized spacial score (nSPS) is 29.2. The third kappa shape index (κ3) is 6.17. The summed E-state index contributed by atoms with van der Waals surface area (Å²) < 4.78 is 2.06. The molecule has 1 aromatic heterocycles. The lowest BCUT2D eigenvalue weighted by molar-refractivity contribution is -0.146. The van der Waals surface area contributed by atoms with Crippen LogP contribution in [0.25, 0.3) is 0 Å². The molecular formula is C30H44Cl2N6O. The predicted molar refractivity (Wildman–Crippen MR) is 157 cm³/mol. The van der Waals surface area contributed by atoms with E-state index in [0.29, 0.717) is 23.9 Å². The van der Waals surface area contributed by atoms with Gasteiger partial charge in [0.2, 0.25) is 5.91 Å². The van der Waals surface area contributed by atoms with Gasteiger partial charge in [-0.3, -0.25) is 14.4 Å². The number of carbonyl (C=O) groups is 1. The highest BCUT2D eigenvalue weighted by atomic mass is 35.5. The van der Waals surface area contributed by atoms with Crippen molar-refractivity contribution in [2.75, 3.05) is 13.1 Å². The number of piperidine rings is 2. The molecule has 0 spiro atoms. The van der Waals surface area contributed by atoms with Crippen LogP contribution in [-0.2, 0) is 17.8 Å². The Hall–Kier alpha value is -1.67. The Morgan fingerprint density at radius 1 is 1.00 bits per heavy atom. The van der Waals surface area contributed by atoms with Gasteiger partial charge in [-0.2, -0.15) is 5.10 Å². The van der Waals surface area contributed by atoms with Crippen molar-refractivity contribution in [2.45, 2.75) is 108 Å². The molecule has 2 N–H and O–H groups in total. The molecule has 39 heavy (non-hydrogen) atoms. The van der Waals surface area contributed by atoms with E-state index in [-0.39, 0.29) is 29.9 Å². The number of halogens is 2. The molecule has 7 nitrogen and oxygen atoms in total. The maximum absolute atomic E-state index is 14.5. The zero-order chi connectivity index (χ0) is 26.1. The van der Waals surface area contributed by atoms with E-state index < -0.39 is 0 Å². The predicted octanol–water partition coefficient (Wildman–Crippen LogP) is 5.11. The van der Waals surface area contributed by atoms with Crippen molar-refractivity contribution in [3.8, 4) is 0 Å². The number of fused-ring (bicyclic) bond motifs is 2. The number of hydrogen-bond acceptors (Lipinski definition) is 5. The molecule has 1 saturated carbocycles. The van der Waals surface area contributed by atoms with Crippen molar-refractivity contribution in [3.63, 3.8) is 0 Å². The van der Waals surface area contributed by atoms with Gasteiger partial charge in [0.15, 0.2) is 0 Å². The average Bonchev–Trinajstić information content (AvgIpc) is 3.54. The summed E-state index contributed by atoms with van der Waals surface area (Å²) in [6, 6.07) is 8.80. The largest absolute Gasteiger partial charge is 0.335 e. The SMILES string of the molecule is Cl.NC1CCN([C@H](Cc2ccc(Cl)cc2)C(=O)N2[C@@H]3CC[C@@H]2CC(Cn2cncn2)(C2CCCCC2)C3)CC1. The van der Waals surface area contributed by atoms with E-state index in [1.807, 2.05) is 18.5 Å². The van der Waals surface area contributed by atoms with Crippen LogP contribution < -0.4 is 5.73 Å². The first-order valence-electron chi connectivity index (χ1n) is 14.9. The summed E-state index contributed by atoms with van der Waals surface area (Å²) in [5.41, 5.74) is 7.63. The van der Waals surface area contributed by atoms with Crippen LogP contribution in [0.1, 0.15) is 76.2 Å². The van der Waals surface area contributed by atoms with Crippen molar-refractivity contribution >= 4 is 29.9 Å². The van der Waals surface area contributed by atoms with Crippen molar-refractivity contribution in [3.05, 3.63) is 47.5 Å². The van der Waals surface area contributed by atoms with Gasteiger partial charge in [-0.05, 0) is 86.8 Å². The minimum atomic E-state index is -0.135. The molecule has 9 heteroatoms. The Morgan fingerprint density at radius 2 is 1.67 bits per heavy atom. The minimum Gasteiger partial charge on any atom is -0.335 e. The summed E-state index contributed by atoms with van der Waals surface area (Å²) in [5, 5.41) is 5.26. The number of rotatable bonds is 7. The van der Waals surface area contributed by atoms with E-state index in [1.165, 1.54) is 37.7 Å². The zero-order valence-corrected chi connectivity index (χ0v) is 24.5. The van der Waals surface area contributed by atoms with Gasteiger partial charge in [0.05, 0.1) is 6.04 Å². The van der Waals surface area contributed by atoms with Crippen LogP contribution in [0, 0.1) is 11.3 Å². The molecule has 1 aromatic carbocycles. The third-order valence-corrected chi connectivity index (χ3v) is 10.5. The summed E-state index contributed by atoms with van der Waals surface area (Å²) >= 11 is 6.18. The number of aromatic nitrogens is 3. The molecule has 214 valence electrons. The molecule has 1 amide bonds. The molecule has 4 fully saturated rings. The molecule has 0 radical (unpaired) electrons. The van der Waals surface area contributed by atoms with Crippen molar-refractivity contribution in [1.29, 1.82) is 0 Å². The van der Waals surface area contributed by atoms with Crippen LogP contribution in [0.2, 0.25) is 5.02 Å². The maximum Gasteiger partial charge on any atom is 0.240 e. The Morgan fingerprint density at radius 3 is 2.28 bits per heavy atom. The average molecular weight is 576 g/mol. The van der Waals surface area contributed by atoms with Crippen molar-refractivity contribution in [2.24, 2.45) is 17.1 Å². The van der Waals surface area contributed by atoms with Crippen LogP contribution in [0.3, 0.4) is 0 Å². The lowest BCUT2D eigenvalue weighted by atomic mass is 9.62. The van der Waals surface area contributed by atoms with Crippen LogP contribution in [-0.4, -0.2) is 67.7 Å². The van der Waals surface area contributed by atoms with Crippen molar-refractivity contribution < 1.29 is 4.79 Å². The van der Waals surface area contributed by atoms with E-state index in [9.17, 15) is 4.79 Å². The lowest BCUT2D eigenvalue weighted by Crippen LogP contribution is -2.60. The number of benzene rings is 1. The van der Waals surface area contributed by atoms with Crippen molar-refractivity contribution in [1.82, 2.24) is 24.6 Å². The fourth-order valence-corrected chi connectivity index (χ4v) is 8.43. The smallest absolute Gasteiger partial charge is 0.240 e. The number of hydrogen-bond donors (Lipinski definition) is 1. The number of likely N-dealkylation sites (tertiary alicyclic amines) is 1. The first-order chi connectivity index (χ1) is 18.5. The standard InChI is InChI=1S/C30H43ClN6O.ClH/c31-24-8-6-22(7-9-24)16-28(35-14-12-25(32)13-15-35)29(38)37-26-10-11-27(37)18-30(17-26,19-36-21-33-20-34-36)23-4-2-1-3-5-23;/h6-9,20-21,23,25-28H,1-5,10-19,32H2;1H/t26-,27-,28-;/m1./s1. The molecule has 1 aliphatic carbocycles. The topological polar surface area (TPSA) is 80.3 Å². The lowest BCUT2D eigenvalue weighted by Gasteiger charge is -2.52. The number of amides is 1. The maximum atomic E-state index is 14.5. The molecule has 4 heterocycles. The summed E-state index contributed by atoms with van der Waals surface area (Å²) in [6.45, 7) is 2.73. The van der Waals surface area contributed by atoms with Crippen LogP contribution in [0.15, 0.2) is 36.9 Å². The highest BCUT2D eigenvalue weighted by Gasteiger charge is 2.54. The Labute approximate surface area is 244 Å². The highest BCUT2D eigenvalue weighted by molar-refractivity contribution is 6.30. The number of carbonyl (C=O) groups excluding carboxylic acids is 1. The molecule has 4 aliphatic rings. The molecule has 3 aliphatic heterocycles. The molecule has 2 aromatic rings. The quantitative estimate of drug-likeness (QED) is 0.497. The fourth-order valence-electron chi connectivity index (χ4n) is 8.31. The first kappa shape index (κ1) is 28.8. The summed E-state index contributed by atoms with van der Waals surface area (Å²) in [7, 11) is 0. The molecule has 2 bridgehead atoms. The summed E-state index contributed by atoms with van der Waals surface area (Å²) in [6.07, 6.45) is 17.3. The van der Waals surface area contributed by atoms with Gasteiger partial charge in [-0.15, -0.1) is 12.4 Å². The summed E-state index contributed by atoms with van der Waals surface area (Å²) in [4.78, 5) is 23.5. The molecular weight excluding hydrogens is 531 g/mol. The van der Waals surface area contributed by atoms with Crippen LogP contribution >= 0.6 is 24.0 Å². The van der Waals surface area contributed by atoms with Gasteiger partial charge in [0, 0.05) is 42.8 Å². The third-order valence-electron chi connectivity index (χ3n) is 10.2. The second-order valence-corrected chi connectivity index (χ2v) is 13.0. The van der Waals surface area contributed by atoms with E-state index in [2.05, 4.69) is 36.7 Å². The van der Waals surface area contributed by atoms with Gasteiger partial charge in [0.1, 0.15) is 12.7 Å². The summed E-state index contributed by atoms with van der Waals surface area (Å²) in [5.74, 6) is 1.05. The first-order valence-corrected chi connectivity index (χ1v) is 15.3. The molecule has 0 unspecified atom stereocenters. The molecule has 3 atom stereocenters. The second-order valence-electron chi connectivity index (χ2n) is 12.5. The Balaban J connectivity index is 0.00000308.